The average molecular weight is 269 g/mol. The summed E-state index contributed by atoms with van der Waals surface area (Å²) >= 11 is 0. The number of aldehydes is 1. The summed E-state index contributed by atoms with van der Waals surface area (Å²) in [6.07, 6.45) is 8.08. The zero-order valence-corrected chi connectivity index (χ0v) is 10.9. The number of carbonyl (C=O) groups excluding carboxylic acids is 2. The van der Waals surface area contributed by atoms with Gasteiger partial charge < -0.3 is 9.30 Å². The molecule has 0 fully saturated rings. The van der Waals surface area contributed by atoms with Gasteiger partial charge in [0.05, 0.1) is 19.5 Å². The van der Waals surface area contributed by atoms with Crippen molar-refractivity contribution in [3.63, 3.8) is 0 Å². The quantitative estimate of drug-likeness (QED) is 0.471. The molecule has 20 heavy (non-hydrogen) atoms. The number of rotatable bonds is 5. The Morgan fingerprint density at radius 1 is 1.40 bits per heavy atom. The van der Waals surface area contributed by atoms with Crippen molar-refractivity contribution in [3.05, 3.63) is 59.7 Å². The molecule has 0 saturated carbocycles. The predicted octanol–water partition coefficient (Wildman–Crippen LogP) is 1.73. The van der Waals surface area contributed by atoms with Crippen LogP contribution in [0, 0.1) is 6.20 Å². The van der Waals surface area contributed by atoms with Crippen LogP contribution in [0.1, 0.15) is 21.7 Å². The maximum Gasteiger partial charge on any atom is 0.330 e. The molecule has 0 aliphatic rings. The SMILES string of the molecule is COC(=O)C=Cc1ccc(Cn2[c]cnc2C=O)cc1. The number of nitrogens with zero attached hydrogens (tertiary/aromatic N) is 2. The van der Waals surface area contributed by atoms with E-state index in [2.05, 4.69) is 15.9 Å². The molecule has 0 aliphatic heterocycles. The van der Waals surface area contributed by atoms with Crippen LogP contribution in [0.2, 0.25) is 0 Å². The van der Waals surface area contributed by atoms with Crippen LogP contribution in [0.15, 0.2) is 36.5 Å². The molecule has 101 valence electrons. The van der Waals surface area contributed by atoms with Gasteiger partial charge in [0.15, 0.2) is 12.1 Å². The Labute approximate surface area is 116 Å². The summed E-state index contributed by atoms with van der Waals surface area (Å²) in [6.45, 7) is 0.523. The van der Waals surface area contributed by atoms with Crippen molar-refractivity contribution < 1.29 is 14.3 Å². The lowest BCUT2D eigenvalue weighted by molar-refractivity contribution is -0.134. The molecule has 1 aromatic heterocycles. The molecular weight excluding hydrogens is 256 g/mol. The minimum absolute atomic E-state index is 0.347. The molecule has 1 radical (unpaired) electrons. The van der Waals surface area contributed by atoms with Crippen LogP contribution in [-0.2, 0) is 16.1 Å². The summed E-state index contributed by atoms with van der Waals surface area (Å²) in [4.78, 5) is 25.6. The first kappa shape index (κ1) is 13.7. The second kappa shape index (κ2) is 6.47. The van der Waals surface area contributed by atoms with Crippen LogP contribution >= 0.6 is 0 Å². The lowest BCUT2D eigenvalue weighted by Crippen LogP contribution is -2.03. The monoisotopic (exact) mass is 269 g/mol. The third kappa shape index (κ3) is 3.41. The summed E-state index contributed by atoms with van der Waals surface area (Å²) in [5, 5.41) is 0. The number of imidazole rings is 1. The molecule has 0 saturated heterocycles. The Kier molecular flexibility index (Phi) is 4.44. The van der Waals surface area contributed by atoms with E-state index in [0.717, 1.165) is 11.1 Å². The molecule has 0 spiro atoms. The number of methoxy groups -OCH3 is 1. The Bertz CT molecular complexity index is 627. The zero-order chi connectivity index (χ0) is 14.4. The van der Waals surface area contributed by atoms with Gasteiger partial charge in [0.1, 0.15) is 0 Å². The van der Waals surface area contributed by atoms with E-state index in [4.69, 9.17) is 0 Å². The fraction of sp³-hybridized carbons (Fsp3) is 0.133. The van der Waals surface area contributed by atoms with Crippen LogP contribution < -0.4 is 0 Å². The smallest absolute Gasteiger partial charge is 0.330 e. The number of ether oxygens (including phenoxy) is 1. The first-order valence-corrected chi connectivity index (χ1v) is 5.96. The van der Waals surface area contributed by atoms with Crippen molar-refractivity contribution in [2.24, 2.45) is 0 Å². The Morgan fingerprint density at radius 3 is 2.80 bits per heavy atom. The van der Waals surface area contributed by atoms with E-state index >= 15 is 0 Å². The number of hydrogen-bond donors (Lipinski definition) is 0. The van der Waals surface area contributed by atoms with Gasteiger partial charge in [0.2, 0.25) is 0 Å². The largest absolute Gasteiger partial charge is 0.466 e. The van der Waals surface area contributed by atoms with E-state index in [-0.39, 0.29) is 0 Å². The van der Waals surface area contributed by atoms with Gasteiger partial charge in [-0.15, -0.1) is 0 Å². The molecule has 0 N–H and O–H groups in total. The maximum atomic E-state index is 11.0. The van der Waals surface area contributed by atoms with Crippen LogP contribution in [-0.4, -0.2) is 28.9 Å². The summed E-state index contributed by atoms with van der Waals surface area (Å²) < 4.78 is 6.16. The van der Waals surface area contributed by atoms with Crippen molar-refractivity contribution in [3.8, 4) is 0 Å². The van der Waals surface area contributed by atoms with E-state index in [1.165, 1.54) is 19.4 Å². The van der Waals surface area contributed by atoms with E-state index in [0.29, 0.717) is 18.7 Å². The second-order valence-electron chi connectivity index (χ2n) is 4.05. The minimum Gasteiger partial charge on any atom is -0.466 e. The number of hydrogen-bond acceptors (Lipinski definition) is 4. The highest BCUT2D eigenvalue weighted by Crippen LogP contribution is 2.09. The predicted molar refractivity (Wildman–Crippen MR) is 73.0 cm³/mol. The van der Waals surface area contributed by atoms with Crippen LogP contribution in [0.3, 0.4) is 0 Å². The highest BCUT2D eigenvalue weighted by atomic mass is 16.5. The van der Waals surface area contributed by atoms with Gasteiger partial charge in [0, 0.05) is 12.6 Å². The molecular formula is C15H13N2O3. The van der Waals surface area contributed by atoms with Gasteiger partial charge in [-0.2, -0.15) is 0 Å². The van der Waals surface area contributed by atoms with Gasteiger partial charge in [-0.1, -0.05) is 24.3 Å². The van der Waals surface area contributed by atoms with Crippen molar-refractivity contribution in [2.75, 3.05) is 7.11 Å². The maximum absolute atomic E-state index is 11.0. The molecule has 2 aromatic rings. The molecule has 0 amide bonds. The van der Waals surface area contributed by atoms with Gasteiger partial charge in [-0.25, -0.2) is 9.78 Å². The van der Waals surface area contributed by atoms with Crippen LogP contribution in [0.25, 0.3) is 6.08 Å². The van der Waals surface area contributed by atoms with Crippen LogP contribution in [0.5, 0.6) is 0 Å². The van der Waals surface area contributed by atoms with E-state index in [9.17, 15) is 9.59 Å². The third-order valence-corrected chi connectivity index (χ3v) is 2.73. The van der Waals surface area contributed by atoms with Crippen molar-refractivity contribution in [2.45, 2.75) is 6.54 Å². The van der Waals surface area contributed by atoms with Crippen LogP contribution in [0.4, 0.5) is 0 Å². The first-order valence-electron chi connectivity index (χ1n) is 5.96. The topological polar surface area (TPSA) is 61.2 Å². The minimum atomic E-state index is -0.391. The van der Waals surface area contributed by atoms with E-state index in [1.807, 2.05) is 24.3 Å². The van der Waals surface area contributed by atoms with Gasteiger partial charge in [0.25, 0.3) is 0 Å². The third-order valence-electron chi connectivity index (χ3n) is 2.73. The summed E-state index contributed by atoms with van der Waals surface area (Å²) in [5.41, 5.74) is 1.90. The van der Waals surface area contributed by atoms with Crippen molar-refractivity contribution in [1.82, 2.24) is 9.55 Å². The lowest BCUT2D eigenvalue weighted by atomic mass is 10.1. The second-order valence-corrected chi connectivity index (χ2v) is 4.05. The van der Waals surface area contributed by atoms with E-state index in [1.54, 1.807) is 10.6 Å². The summed E-state index contributed by atoms with van der Waals surface area (Å²) in [6, 6.07) is 7.59. The number of carbonyl (C=O) groups is 2. The molecule has 5 heteroatoms. The van der Waals surface area contributed by atoms with Crippen molar-refractivity contribution >= 4 is 18.3 Å². The molecule has 2 rings (SSSR count). The summed E-state index contributed by atoms with van der Waals surface area (Å²) in [7, 11) is 1.34. The summed E-state index contributed by atoms with van der Waals surface area (Å²) in [5.74, 6) is -0.0441. The lowest BCUT2D eigenvalue weighted by Gasteiger charge is -2.04. The number of aromatic nitrogens is 2. The standard InChI is InChI=1S/C15H13N2O3/c1-20-15(19)7-6-12-2-4-13(5-3-12)10-17-9-8-16-14(17)11-18/h2-8,11H,10H2,1H3. The normalized spacial score (nSPS) is 10.7. The molecule has 5 nitrogen and oxygen atoms in total. The fourth-order valence-corrected chi connectivity index (χ4v) is 1.67. The number of benzene rings is 1. The molecule has 0 bridgehead atoms. The fourth-order valence-electron chi connectivity index (χ4n) is 1.67. The Hall–Kier alpha value is -2.69. The van der Waals surface area contributed by atoms with Gasteiger partial charge in [-0.05, 0) is 17.2 Å². The number of esters is 1. The van der Waals surface area contributed by atoms with Crippen molar-refractivity contribution in [1.29, 1.82) is 0 Å². The molecule has 1 aromatic carbocycles. The Morgan fingerprint density at radius 2 is 2.15 bits per heavy atom. The molecule has 0 unspecified atom stereocenters. The molecule has 1 heterocycles. The first-order chi connectivity index (χ1) is 9.72. The highest BCUT2D eigenvalue weighted by Gasteiger charge is 2.02. The zero-order valence-electron chi connectivity index (χ0n) is 10.9. The molecule has 0 aliphatic carbocycles. The molecule has 0 atom stereocenters. The average Bonchev–Trinajstić information content (AvgIpc) is 2.93. The van der Waals surface area contributed by atoms with Gasteiger partial charge >= 0.3 is 5.97 Å². The van der Waals surface area contributed by atoms with Gasteiger partial charge in [-0.3, -0.25) is 4.79 Å². The Balaban J connectivity index is 2.07. The highest BCUT2D eigenvalue weighted by molar-refractivity contribution is 5.86. The van der Waals surface area contributed by atoms with E-state index < -0.39 is 5.97 Å².